The van der Waals surface area contributed by atoms with Crippen LogP contribution < -0.4 is 15.4 Å². The number of rotatable bonds is 7. The van der Waals surface area contributed by atoms with Gasteiger partial charge in [0.2, 0.25) is 11.8 Å². The minimum Gasteiger partial charge on any atom is -0.478 e. The van der Waals surface area contributed by atoms with E-state index in [1.165, 1.54) is 6.07 Å². The van der Waals surface area contributed by atoms with Gasteiger partial charge in [-0.05, 0) is 46.6 Å². The number of ether oxygens (including phenoxy) is 1. The average molecular weight is 382 g/mol. The van der Waals surface area contributed by atoms with E-state index in [4.69, 9.17) is 9.15 Å². The molecule has 0 spiro atoms. The van der Waals surface area contributed by atoms with Crippen molar-refractivity contribution < 1.29 is 18.7 Å². The fourth-order valence-corrected chi connectivity index (χ4v) is 2.04. The number of furan rings is 1. The Morgan fingerprint density at radius 2 is 2.13 bits per heavy atom. The molecular formula is C15H16BrN3O4. The topological polar surface area (TPSA) is 93.5 Å². The van der Waals surface area contributed by atoms with Gasteiger partial charge in [0.05, 0.1) is 13.2 Å². The van der Waals surface area contributed by atoms with Crippen LogP contribution in [0.1, 0.15) is 23.0 Å². The Kier molecular flexibility index (Phi) is 6.16. The van der Waals surface area contributed by atoms with Gasteiger partial charge in [0, 0.05) is 18.8 Å². The monoisotopic (exact) mass is 381 g/mol. The molecule has 0 atom stereocenters. The number of nitrogens with one attached hydrogen (secondary N) is 2. The number of hydrogen-bond acceptors (Lipinski definition) is 5. The van der Waals surface area contributed by atoms with Crippen LogP contribution in [0.5, 0.6) is 5.88 Å². The number of carbonyl (C=O) groups excluding carboxylic acids is 2. The third-order valence-electron chi connectivity index (χ3n) is 2.79. The maximum Gasteiger partial charge on any atom is 0.287 e. The number of nitrogens with zero attached hydrogens (tertiary/aromatic N) is 1. The van der Waals surface area contributed by atoms with Gasteiger partial charge in [-0.2, -0.15) is 0 Å². The van der Waals surface area contributed by atoms with Crippen LogP contribution in [0.3, 0.4) is 0 Å². The van der Waals surface area contributed by atoms with Crippen LogP contribution in [0.4, 0.5) is 0 Å². The highest BCUT2D eigenvalue weighted by molar-refractivity contribution is 9.10. The fraction of sp³-hybridized carbons (Fsp3) is 0.267. The Bertz CT molecular complexity index is 687. The molecule has 23 heavy (non-hydrogen) atoms. The molecule has 0 aromatic carbocycles. The van der Waals surface area contributed by atoms with Crippen LogP contribution in [0, 0.1) is 0 Å². The molecule has 0 saturated heterocycles. The number of amides is 2. The maximum atomic E-state index is 11.8. The molecule has 2 rings (SSSR count). The second-order valence-corrected chi connectivity index (χ2v) is 5.28. The second-order valence-electron chi connectivity index (χ2n) is 4.50. The van der Waals surface area contributed by atoms with Gasteiger partial charge in [0.1, 0.15) is 0 Å². The number of halogens is 1. The Morgan fingerprint density at radius 1 is 1.30 bits per heavy atom. The first-order valence-electron chi connectivity index (χ1n) is 6.96. The molecule has 2 aromatic rings. The van der Waals surface area contributed by atoms with E-state index in [0.29, 0.717) is 23.7 Å². The molecule has 0 aliphatic rings. The van der Waals surface area contributed by atoms with Crippen molar-refractivity contribution in [3.8, 4) is 5.88 Å². The summed E-state index contributed by atoms with van der Waals surface area (Å²) in [6.07, 6.45) is 1.61. The lowest BCUT2D eigenvalue weighted by Gasteiger charge is -2.07. The molecule has 7 nitrogen and oxygen atoms in total. The summed E-state index contributed by atoms with van der Waals surface area (Å²) < 4.78 is 10.8. The van der Waals surface area contributed by atoms with Gasteiger partial charge in [-0.15, -0.1) is 0 Å². The summed E-state index contributed by atoms with van der Waals surface area (Å²) in [4.78, 5) is 27.5. The summed E-state index contributed by atoms with van der Waals surface area (Å²) in [5.41, 5.74) is 0.859. The van der Waals surface area contributed by atoms with E-state index in [0.717, 1.165) is 5.56 Å². The fourth-order valence-electron chi connectivity index (χ4n) is 1.73. The highest BCUT2D eigenvalue weighted by Crippen LogP contribution is 2.13. The molecule has 0 aliphatic heterocycles. The van der Waals surface area contributed by atoms with Gasteiger partial charge in [0.15, 0.2) is 10.4 Å². The van der Waals surface area contributed by atoms with Gasteiger partial charge < -0.3 is 19.8 Å². The molecule has 0 radical (unpaired) electrons. The third kappa shape index (κ3) is 5.41. The third-order valence-corrected chi connectivity index (χ3v) is 3.21. The van der Waals surface area contributed by atoms with Gasteiger partial charge >= 0.3 is 0 Å². The summed E-state index contributed by atoms with van der Waals surface area (Å²) in [6, 6.07) is 6.66. The average Bonchev–Trinajstić information content (AvgIpc) is 2.98. The Hall–Kier alpha value is -2.35. The first-order chi connectivity index (χ1) is 11.1. The molecule has 0 saturated carbocycles. The van der Waals surface area contributed by atoms with Crippen LogP contribution in [0.25, 0.3) is 0 Å². The Balaban J connectivity index is 1.76. The number of hydrogen-bond donors (Lipinski definition) is 2. The van der Waals surface area contributed by atoms with Crippen LogP contribution in [0.2, 0.25) is 0 Å². The van der Waals surface area contributed by atoms with Crippen LogP contribution in [-0.2, 0) is 11.3 Å². The zero-order valence-corrected chi connectivity index (χ0v) is 14.1. The van der Waals surface area contributed by atoms with Crippen molar-refractivity contribution in [1.82, 2.24) is 15.6 Å². The summed E-state index contributed by atoms with van der Waals surface area (Å²) in [6.45, 7) is 2.58. The smallest absolute Gasteiger partial charge is 0.287 e. The van der Waals surface area contributed by atoms with Crippen molar-refractivity contribution in [2.24, 2.45) is 0 Å². The van der Waals surface area contributed by atoms with E-state index >= 15 is 0 Å². The molecule has 2 N–H and O–H groups in total. The van der Waals surface area contributed by atoms with Crippen molar-refractivity contribution in [3.05, 3.63) is 46.5 Å². The highest BCUT2D eigenvalue weighted by atomic mass is 79.9. The van der Waals surface area contributed by atoms with Gasteiger partial charge in [0.25, 0.3) is 5.91 Å². The minimum atomic E-state index is -0.451. The van der Waals surface area contributed by atoms with Crippen molar-refractivity contribution >= 4 is 27.7 Å². The molecule has 0 bridgehead atoms. The summed E-state index contributed by atoms with van der Waals surface area (Å²) in [5.74, 6) is -0.108. The van der Waals surface area contributed by atoms with Crippen molar-refractivity contribution in [2.75, 3.05) is 13.2 Å². The summed E-state index contributed by atoms with van der Waals surface area (Å²) in [7, 11) is 0. The molecule has 122 valence electrons. The van der Waals surface area contributed by atoms with Crippen LogP contribution >= 0.6 is 15.9 Å². The van der Waals surface area contributed by atoms with Crippen LogP contribution in [0.15, 0.2) is 39.5 Å². The molecule has 2 amide bonds. The van der Waals surface area contributed by atoms with E-state index in [9.17, 15) is 9.59 Å². The van der Waals surface area contributed by atoms with E-state index in [1.54, 1.807) is 24.4 Å². The van der Waals surface area contributed by atoms with E-state index in [2.05, 4.69) is 31.5 Å². The molecule has 0 unspecified atom stereocenters. The normalized spacial score (nSPS) is 10.2. The van der Waals surface area contributed by atoms with Crippen molar-refractivity contribution in [1.29, 1.82) is 0 Å². The van der Waals surface area contributed by atoms with E-state index < -0.39 is 5.91 Å². The SMILES string of the molecule is CCOc1cc(CNC(=O)CNC(=O)c2ccc(Br)o2)ccn1. The molecular weight excluding hydrogens is 366 g/mol. The van der Waals surface area contributed by atoms with Crippen molar-refractivity contribution in [3.63, 3.8) is 0 Å². The Labute approximate surface area is 141 Å². The van der Waals surface area contributed by atoms with Gasteiger partial charge in [-0.25, -0.2) is 4.98 Å². The predicted molar refractivity (Wildman–Crippen MR) is 86.0 cm³/mol. The van der Waals surface area contributed by atoms with Crippen molar-refractivity contribution in [2.45, 2.75) is 13.5 Å². The van der Waals surface area contributed by atoms with E-state index in [1.807, 2.05) is 6.92 Å². The molecule has 8 heteroatoms. The maximum absolute atomic E-state index is 11.8. The first-order valence-corrected chi connectivity index (χ1v) is 7.75. The zero-order valence-electron chi connectivity index (χ0n) is 12.5. The second kappa shape index (κ2) is 8.33. The van der Waals surface area contributed by atoms with Gasteiger partial charge in [-0.1, -0.05) is 0 Å². The summed E-state index contributed by atoms with van der Waals surface area (Å²) >= 11 is 3.11. The quantitative estimate of drug-likeness (QED) is 0.763. The lowest BCUT2D eigenvalue weighted by Crippen LogP contribution is -2.36. The highest BCUT2D eigenvalue weighted by Gasteiger charge is 2.11. The minimum absolute atomic E-state index is 0.138. The molecule has 2 heterocycles. The van der Waals surface area contributed by atoms with E-state index in [-0.39, 0.29) is 18.2 Å². The first kappa shape index (κ1) is 17.0. The Morgan fingerprint density at radius 3 is 2.83 bits per heavy atom. The van der Waals surface area contributed by atoms with Gasteiger partial charge in [-0.3, -0.25) is 9.59 Å². The molecule has 2 aromatic heterocycles. The molecule has 0 aliphatic carbocycles. The standard InChI is InChI=1S/C15H16BrN3O4/c1-2-22-14-7-10(5-6-17-14)8-18-13(20)9-19-15(21)11-3-4-12(16)23-11/h3-7H,2,8-9H2,1H3,(H,18,20)(H,19,21). The summed E-state index contributed by atoms with van der Waals surface area (Å²) in [5, 5.41) is 5.18. The lowest BCUT2D eigenvalue weighted by molar-refractivity contribution is -0.120. The molecule has 0 fully saturated rings. The number of carbonyl (C=O) groups is 2. The number of pyridine rings is 1. The zero-order chi connectivity index (χ0) is 16.7. The van der Waals surface area contributed by atoms with Crippen LogP contribution in [-0.4, -0.2) is 29.9 Å². The largest absolute Gasteiger partial charge is 0.478 e. The lowest BCUT2D eigenvalue weighted by atomic mass is 10.2. The number of aromatic nitrogens is 1. The predicted octanol–water partition coefficient (Wildman–Crippen LogP) is 1.88.